The van der Waals surface area contributed by atoms with Crippen LogP contribution < -0.4 is 5.73 Å². The molecule has 0 aliphatic heterocycles. The highest BCUT2D eigenvalue weighted by Gasteiger charge is 2.16. The molecule has 0 saturated carbocycles. The van der Waals surface area contributed by atoms with Crippen LogP contribution in [0.2, 0.25) is 0 Å². The molecule has 3 N–H and O–H groups in total. The van der Waals surface area contributed by atoms with E-state index in [1.807, 2.05) is 0 Å². The number of esters is 1. The molecule has 7 nitrogen and oxygen atoms in total. The average Bonchev–Trinajstić information content (AvgIpc) is 2.95. The van der Waals surface area contributed by atoms with Gasteiger partial charge in [-0.1, -0.05) is 11.8 Å². The third-order valence-electron chi connectivity index (χ3n) is 2.06. The normalized spacial score (nSPS) is 10.5. The molecule has 0 aromatic carbocycles. The number of nitrogens with zero attached hydrogens (tertiary/aromatic N) is 2. The molecule has 0 radical (unpaired) electrons. The number of ether oxygens (including phenoxy) is 1. The van der Waals surface area contributed by atoms with E-state index in [-0.39, 0.29) is 5.95 Å². The molecular formula is C10H12N4O3S. The van der Waals surface area contributed by atoms with Crippen LogP contribution >= 0.6 is 11.8 Å². The van der Waals surface area contributed by atoms with E-state index in [0.29, 0.717) is 28.8 Å². The lowest BCUT2D eigenvalue weighted by Crippen LogP contribution is -2.05. The number of rotatable bonds is 5. The largest absolute Gasteiger partial charge is 0.468 e. The summed E-state index contributed by atoms with van der Waals surface area (Å²) in [4.78, 5) is 15.5. The molecule has 2 heterocycles. The number of hydrogen-bond acceptors (Lipinski definition) is 7. The summed E-state index contributed by atoms with van der Waals surface area (Å²) < 4.78 is 10.2. The Morgan fingerprint density at radius 2 is 2.50 bits per heavy atom. The van der Waals surface area contributed by atoms with Crippen LogP contribution in [0.15, 0.2) is 21.9 Å². The third kappa shape index (κ3) is 2.83. The van der Waals surface area contributed by atoms with Crippen LogP contribution in [0.1, 0.15) is 23.0 Å². The minimum atomic E-state index is -0.392. The lowest BCUT2D eigenvalue weighted by molar-refractivity contribution is 0.0524. The summed E-state index contributed by atoms with van der Waals surface area (Å²) in [6.07, 6.45) is 1.45. The molecule has 0 aliphatic rings. The second-order valence-corrected chi connectivity index (χ2v) is 4.21. The van der Waals surface area contributed by atoms with Gasteiger partial charge in [0.15, 0.2) is 0 Å². The molecule has 2 aromatic heterocycles. The number of hydrogen-bond donors (Lipinski definition) is 2. The second-order valence-electron chi connectivity index (χ2n) is 3.27. The van der Waals surface area contributed by atoms with Gasteiger partial charge < -0.3 is 14.9 Å². The minimum Gasteiger partial charge on any atom is -0.468 e. The molecular weight excluding hydrogens is 256 g/mol. The number of anilines is 1. The number of carbonyl (C=O) groups excluding carboxylic acids is 1. The molecule has 0 amide bonds. The number of aromatic nitrogens is 3. The zero-order chi connectivity index (χ0) is 13.0. The molecule has 2 aromatic rings. The number of nitrogens with one attached hydrogen (secondary N) is 1. The smallest absolute Gasteiger partial charge is 0.341 e. The van der Waals surface area contributed by atoms with Crippen molar-refractivity contribution < 1.29 is 13.9 Å². The van der Waals surface area contributed by atoms with Crippen LogP contribution in [-0.4, -0.2) is 27.8 Å². The maximum Gasteiger partial charge on any atom is 0.341 e. The van der Waals surface area contributed by atoms with Gasteiger partial charge in [0.25, 0.3) is 0 Å². The van der Waals surface area contributed by atoms with Crippen molar-refractivity contribution >= 4 is 23.7 Å². The van der Waals surface area contributed by atoms with Gasteiger partial charge in [-0.25, -0.2) is 9.89 Å². The first-order valence-electron chi connectivity index (χ1n) is 5.25. The molecule has 96 valence electrons. The fraction of sp³-hybridized carbons (Fsp3) is 0.300. The first-order chi connectivity index (χ1) is 8.70. The number of furan rings is 1. The summed E-state index contributed by atoms with van der Waals surface area (Å²) in [5.41, 5.74) is 5.83. The van der Waals surface area contributed by atoms with Crippen molar-refractivity contribution in [1.82, 2.24) is 15.2 Å². The van der Waals surface area contributed by atoms with Gasteiger partial charge in [0.2, 0.25) is 11.1 Å². The van der Waals surface area contributed by atoms with Crippen LogP contribution in [0.25, 0.3) is 0 Å². The van der Waals surface area contributed by atoms with Crippen LogP contribution in [-0.2, 0) is 10.5 Å². The van der Waals surface area contributed by atoms with Crippen molar-refractivity contribution in [3.05, 3.63) is 23.7 Å². The Kier molecular flexibility index (Phi) is 3.88. The summed E-state index contributed by atoms with van der Waals surface area (Å²) >= 11 is 1.31. The van der Waals surface area contributed by atoms with Gasteiger partial charge in [-0.05, 0) is 13.0 Å². The molecule has 0 atom stereocenters. The lowest BCUT2D eigenvalue weighted by atomic mass is 10.3. The molecule has 0 fully saturated rings. The summed E-state index contributed by atoms with van der Waals surface area (Å²) in [6, 6.07) is 1.58. The zero-order valence-electron chi connectivity index (χ0n) is 9.67. The SMILES string of the molecule is CCOC(=O)c1ccoc1CSc1n[nH]c(N)n1. The van der Waals surface area contributed by atoms with Crippen molar-refractivity contribution in [1.29, 1.82) is 0 Å². The van der Waals surface area contributed by atoms with Gasteiger partial charge >= 0.3 is 5.97 Å². The topological polar surface area (TPSA) is 107 Å². The maximum absolute atomic E-state index is 11.6. The van der Waals surface area contributed by atoms with E-state index in [9.17, 15) is 4.79 Å². The predicted octanol–water partition coefficient (Wildman–Crippen LogP) is 1.45. The number of H-pyrrole nitrogens is 1. The van der Waals surface area contributed by atoms with Crippen LogP contribution in [0.4, 0.5) is 5.95 Å². The van der Waals surface area contributed by atoms with Crippen LogP contribution in [0.5, 0.6) is 0 Å². The van der Waals surface area contributed by atoms with Crippen molar-refractivity contribution in [3.8, 4) is 0 Å². The van der Waals surface area contributed by atoms with E-state index < -0.39 is 5.97 Å². The number of thioether (sulfide) groups is 1. The van der Waals surface area contributed by atoms with Crippen molar-refractivity contribution in [3.63, 3.8) is 0 Å². The fourth-order valence-corrected chi connectivity index (χ4v) is 2.05. The fourth-order valence-electron chi connectivity index (χ4n) is 1.30. The minimum absolute atomic E-state index is 0.252. The Bertz CT molecular complexity index is 537. The van der Waals surface area contributed by atoms with Gasteiger partial charge in [-0.3, -0.25) is 0 Å². The molecule has 2 rings (SSSR count). The van der Waals surface area contributed by atoms with Gasteiger partial charge in [0, 0.05) is 0 Å². The van der Waals surface area contributed by atoms with E-state index in [1.165, 1.54) is 18.0 Å². The van der Waals surface area contributed by atoms with Gasteiger partial charge in [0.05, 0.1) is 18.6 Å². The number of carbonyl (C=O) groups is 1. The maximum atomic E-state index is 11.6. The Labute approximate surface area is 107 Å². The summed E-state index contributed by atoms with van der Waals surface area (Å²) in [7, 11) is 0. The van der Waals surface area contributed by atoms with E-state index in [2.05, 4.69) is 15.2 Å². The molecule has 0 aliphatic carbocycles. The van der Waals surface area contributed by atoms with Gasteiger partial charge in [-0.2, -0.15) is 4.98 Å². The van der Waals surface area contributed by atoms with Gasteiger partial charge in [-0.15, -0.1) is 5.10 Å². The first-order valence-corrected chi connectivity index (χ1v) is 6.23. The molecule has 0 spiro atoms. The van der Waals surface area contributed by atoms with Crippen molar-refractivity contribution in [2.75, 3.05) is 12.3 Å². The van der Waals surface area contributed by atoms with E-state index >= 15 is 0 Å². The third-order valence-corrected chi connectivity index (χ3v) is 2.90. The molecule has 0 saturated heterocycles. The average molecular weight is 268 g/mol. The number of nitrogens with two attached hydrogens (primary N) is 1. The molecule has 8 heteroatoms. The van der Waals surface area contributed by atoms with Crippen LogP contribution in [0.3, 0.4) is 0 Å². The Balaban J connectivity index is 2.01. The quantitative estimate of drug-likeness (QED) is 0.624. The number of nitrogen functional groups attached to an aromatic ring is 1. The highest BCUT2D eigenvalue weighted by molar-refractivity contribution is 7.98. The molecule has 18 heavy (non-hydrogen) atoms. The van der Waals surface area contributed by atoms with E-state index in [4.69, 9.17) is 14.9 Å². The summed E-state index contributed by atoms with van der Waals surface area (Å²) in [5.74, 6) is 0.819. The second kappa shape index (κ2) is 5.58. The van der Waals surface area contributed by atoms with Crippen molar-refractivity contribution in [2.45, 2.75) is 17.8 Å². The standard InChI is InChI=1S/C10H12N4O3S/c1-2-16-8(15)6-3-4-17-7(6)5-18-10-12-9(11)13-14-10/h3-4H,2,5H2,1H3,(H3,11,12,13,14). The van der Waals surface area contributed by atoms with Gasteiger partial charge in [0.1, 0.15) is 11.3 Å². The zero-order valence-corrected chi connectivity index (χ0v) is 10.5. The lowest BCUT2D eigenvalue weighted by Gasteiger charge is -2.01. The van der Waals surface area contributed by atoms with Crippen molar-refractivity contribution in [2.24, 2.45) is 0 Å². The predicted molar refractivity (Wildman–Crippen MR) is 65.0 cm³/mol. The van der Waals surface area contributed by atoms with E-state index in [0.717, 1.165) is 0 Å². The summed E-state index contributed by atoms with van der Waals surface area (Å²) in [5, 5.41) is 6.90. The Morgan fingerprint density at radius 1 is 1.67 bits per heavy atom. The van der Waals surface area contributed by atoms with E-state index in [1.54, 1.807) is 13.0 Å². The molecule has 0 bridgehead atoms. The van der Waals surface area contributed by atoms with Crippen LogP contribution in [0, 0.1) is 0 Å². The highest BCUT2D eigenvalue weighted by atomic mass is 32.2. The Hall–Kier alpha value is -1.96. The Morgan fingerprint density at radius 3 is 3.17 bits per heavy atom. The molecule has 0 unspecified atom stereocenters. The highest BCUT2D eigenvalue weighted by Crippen LogP contribution is 2.23. The number of aromatic amines is 1. The monoisotopic (exact) mass is 268 g/mol. The first kappa shape index (κ1) is 12.5. The summed E-state index contributed by atoms with van der Waals surface area (Å²) in [6.45, 7) is 2.08.